The Kier molecular flexibility index (Phi) is 60.7. The number of hydrogen-bond acceptors (Lipinski definition) is 42. The molecule has 0 bridgehead atoms. The molecule has 0 aromatic carbocycles. The van der Waals surface area contributed by atoms with E-state index in [1.54, 1.807) is 165 Å². The van der Waals surface area contributed by atoms with E-state index in [2.05, 4.69) is 72.0 Å². The molecule has 6 aliphatic rings. The zero-order valence-corrected chi connectivity index (χ0v) is 76.4. The molecule has 130 heavy (non-hydrogen) atoms. The number of azide groups is 4. The molecule has 0 radical (unpaired) electrons. The monoisotopic (exact) mass is 1850 g/mol. The van der Waals surface area contributed by atoms with Crippen LogP contribution in [0.1, 0.15) is 41.5 Å². The molecule has 50 heteroatoms. The van der Waals surface area contributed by atoms with Crippen molar-refractivity contribution in [3.63, 3.8) is 0 Å². The van der Waals surface area contributed by atoms with Crippen LogP contribution in [0.25, 0.3) is 41.8 Å². The molecule has 14 N–H and O–H groups in total. The Hall–Kier alpha value is -10.8. The summed E-state index contributed by atoms with van der Waals surface area (Å²) in [6.45, 7) is 11.1. The van der Waals surface area contributed by atoms with Crippen LogP contribution in [0.3, 0.4) is 0 Å². The lowest BCUT2D eigenvalue weighted by atomic mass is 9.92. The van der Waals surface area contributed by atoms with Crippen LogP contribution in [0.15, 0.2) is 129 Å². The molecule has 0 aromatic heterocycles. The topological polar surface area (TPSA) is 687 Å². The van der Waals surface area contributed by atoms with Crippen LogP contribution in [-0.4, -0.2) is 378 Å². The summed E-state index contributed by atoms with van der Waals surface area (Å²) in [6, 6.07) is -6.20. The Labute approximate surface area is 753 Å². The lowest BCUT2D eigenvalue weighted by molar-refractivity contribution is -0.132. The normalized spacial score (nSPS) is 27.0. The van der Waals surface area contributed by atoms with Gasteiger partial charge in [-0.05, 0) is 100 Å². The van der Waals surface area contributed by atoms with Crippen molar-refractivity contribution in [3.05, 3.63) is 150 Å². The van der Waals surface area contributed by atoms with E-state index in [0.29, 0.717) is 61.0 Å². The third kappa shape index (κ3) is 37.9. The van der Waals surface area contributed by atoms with Gasteiger partial charge in [0.05, 0.1) is 184 Å². The first kappa shape index (κ1) is 117. The average molecular weight is 1850 g/mol. The van der Waals surface area contributed by atoms with Gasteiger partial charge >= 0.3 is 0 Å². The number of allylic oxidation sites excluding steroid dienone is 6. The Balaban J connectivity index is 0.000000780. The predicted octanol–water partition coefficient (Wildman–Crippen LogP) is 0.367. The maximum absolute atomic E-state index is 10.5. The van der Waals surface area contributed by atoms with E-state index in [0.717, 1.165) is 24.8 Å². The second-order valence-corrected chi connectivity index (χ2v) is 28.5. The summed E-state index contributed by atoms with van der Waals surface area (Å²) in [5.74, 6) is 13.2. The van der Waals surface area contributed by atoms with Crippen LogP contribution in [0, 0.1) is 0 Å². The van der Waals surface area contributed by atoms with Crippen LogP contribution in [0.4, 0.5) is 0 Å². The predicted molar refractivity (Wildman–Crippen MR) is 464 cm³/mol. The first-order valence-electron chi connectivity index (χ1n) is 39.9. The Morgan fingerprint density at radius 2 is 0.546 bits per heavy atom. The zero-order chi connectivity index (χ0) is 97.8. The van der Waals surface area contributed by atoms with Gasteiger partial charge in [-0.2, -0.15) is 0 Å². The Bertz CT molecular complexity index is 3860. The highest BCUT2D eigenvalue weighted by molar-refractivity contribution is 5.46. The van der Waals surface area contributed by atoms with Crippen molar-refractivity contribution < 1.29 is 144 Å². The maximum atomic E-state index is 10.5. The molecule has 50 nitrogen and oxygen atoms in total. The van der Waals surface area contributed by atoms with Crippen LogP contribution in [0.5, 0.6) is 0 Å². The number of methoxy groups -OCH3 is 14. The summed E-state index contributed by atoms with van der Waals surface area (Å²) >= 11 is 0. The third-order valence-corrected chi connectivity index (χ3v) is 20.2. The second-order valence-electron chi connectivity index (χ2n) is 28.5. The smallest absolute Gasteiger partial charge is 0.149 e. The molecule has 6 heterocycles. The fourth-order valence-electron chi connectivity index (χ4n) is 14.5. The maximum Gasteiger partial charge on any atom is 0.149 e. The van der Waals surface area contributed by atoms with Gasteiger partial charge in [-0.15, -0.1) is 0 Å². The zero-order valence-electron chi connectivity index (χ0n) is 76.4. The summed E-state index contributed by atoms with van der Waals surface area (Å²) in [5, 5.41) is 70.5. The second kappa shape index (κ2) is 67.4. The summed E-state index contributed by atoms with van der Waals surface area (Å²) in [5.41, 5.74) is 47.0. The molecule has 0 aromatic rings. The van der Waals surface area contributed by atoms with Crippen molar-refractivity contribution in [2.75, 3.05) is 139 Å². The van der Waals surface area contributed by atoms with Gasteiger partial charge in [-0.3, -0.25) is 0 Å². The summed E-state index contributed by atoms with van der Waals surface area (Å²) in [6.07, 6.45) is 5.08. The van der Waals surface area contributed by atoms with Gasteiger partial charge in [-0.25, -0.2) is 28.8 Å². The van der Waals surface area contributed by atoms with E-state index in [4.69, 9.17) is 133 Å². The molecule has 0 spiro atoms. The van der Waals surface area contributed by atoms with Gasteiger partial charge in [0.2, 0.25) is 0 Å². The minimum absolute atomic E-state index is 0.0911. The van der Waals surface area contributed by atoms with Crippen molar-refractivity contribution >= 4 is 35.6 Å². The number of nitrogens with two attached hydrogens (primary N) is 2. The molecule has 728 valence electrons. The van der Waals surface area contributed by atoms with E-state index in [-0.39, 0.29) is 43.0 Å². The molecule has 0 fully saturated rings. The van der Waals surface area contributed by atoms with Crippen molar-refractivity contribution in [1.29, 1.82) is 0 Å². The highest BCUT2D eigenvalue weighted by Crippen LogP contribution is 2.32. The average Bonchev–Trinajstić information content (AvgIpc) is 0.798. The fraction of sp³-hybridized carbons (Fsp3) is 0.700. The molecule has 24 unspecified atom stereocenters. The van der Waals surface area contributed by atoms with Gasteiger partial charge in [0.15, 0.2) is 0 Å². The molecule has 0 aliphatic carbocycles. The SMILES string of the molecule is COC(C(O)CO)[C@@H]1OC(C)=CC(N=[N+]=[N-])C1NC=C=O.COCC(O)C(O)[C@@H]1OC(C)=CC(N=[N+]=[N-])C1NC=C=O.COCC(OC)C(OC)[C@@H]1OC(C)=CC(N)C1NC=C=O.COCC(OC)C(OC)[C@@H]1OC(C)=CC(N)C1NC=C=O.COCC(OC)C(OC)[C@@H]1OC(C)=CC(N=[N+]=[N-])C1NC=C=O.COCC(OC)C(OC)[C@@H]1OC(C)=CC(N=[N+]=[N-])C1NC=C=O. The highest BCUT2D eigenvalue weighted by atomic mass is 16.6. The number of ether oxygens (including phenoxy) is 20. The standard InChI is InChI=1S/2C14H22N4O5.2C14H24N2O5.2C12H18N4O5/c2*1-9-7-10(17-18-15)12(16-5-6-19)14(23-9)13(22-4)11(21-3)8-20-2;2*1-9-7-10(15)12(16-5-6-17)14(21-9)13(20-4)11(19-3)8-18-2;1-7-5-8(15-16-13)10(14-3-4-17)12(21-7)11(19)9(18)6-20-2;1-7-5-8(15-16-13)10(14-3-4-17)12(21-7)11(20-2)9(19)6-18/h2*5,7,10-14,16H,8H2,1-4H3;2*5,7,10-14,16H,8,15H2,1-4H3;2*3,5,8-12,14,18-19H,6H2,1-2H3/t4*10?,11?,12?,13?,14-;2*8?,9?,10?,11?,12-/m111111/s1. The molecule has 0 amide bonds. The summed E-state index contributed by atoms with van der Waals surface area (Å²) < 4.78 is 109. The number of nitrogens with zero attached hydrogens (tertiary/aromatic N) is 12. The van der Waals surface area contributed by atoms with Gasteiger partial charge in [-0.1, -0.05) is 20.5 Å². The molecular formula is C80H128N20O30. The summed E-state index contributed by atoms with van der Waals surface area (Å²) in [4.78, 5) is 73.9. The number of rotatable bonds is 48. The molecule has 30 atom stereocenters. The van der Waals surface area contributed by atoms with Gasteiger partial charge in [0, 0.05) is 119 Å². The minimum Gasteiger partial charge on any atom is -0.490 e. The van der Waals surface area contributed by atoms with E-state index in [9.17, 15) is 44.1 Å². The fourth-order valence-corrected chi connectivity index (χ4v) is 14.5. The Morgan fingerprint density at radius 1 is 0.338 bits per heavy atom. The largest absolute Gasteiger partial charge is 0.490 e. The van der Waals surface area contributed by atoms with Gasteiger partial charge < -0.3 is 159 Å². The minimum atomic E-state index is -1.30. The number of aliphatic hydroxyl groups excluding tert-OH is 4. The van der Waals surface area contributed by atoms with Gasteiger partial charge in [0.1, 0.15) is 146 Å². The molecule has 6 rings (SSSR count). The number of hydrogen-bond donors (Lipinski definition) is 12. The van der Waals surface area contributed by atoms with E-state index in [1.165, 1.54) is 46.8 Å². The van der Waals surface area contributed by atoms with Crippen molar-refractivity contribution in [2.45, 2.75) is 224 Å². The van der Waals surface area contributed by atoms with Crippen molar-refractivity contribution in [2.24, 2.45) is 31.9 Å². The van der Waals surface area contributed by atoms with E-state index < -0.39 is 153 Å². The van der Waals surface area contributed by atoms with Crippen LogP contribution >= 0.6 is 0 Å². The molecular weight excluding hydrogens is 1720 g/mol. The Morgan fingerprint density at radius 3 is 0.754 bits per heavy atom. The third-order valence-electron chi connectivity index (χ3n) is 20.2. The van der Waals surface area contributed by atoms with Crippen LogP contribution in [-0.2, 0) is 124 Å². The van der Waals surface area contributed by atoms with Crippen LogP contribution < -0.4 is 43.4 Å². The van der Waals surface area contributed by atoms with Crippen molar-refractivity contribution in [3.8, 4) is 0 Å². The van der Waals surface area contributed by atoms with Crippen molar-refractivity contribution in [1.82, 2.24) is 31.9 Å². The first-order chi connectivity index (χ1) is 62.5. The quantitative estimate of drug-likeness (QED) is 0.0169. The van der Waals surface area contributed by atoms with Gasteiger partial charge in [0.25, 0.3) is 0 Å². The lowest BCUT2D eigenvalue weighted by Gasteiger charge is -2.40. The molecule has 0 saturated carbocycles. The first-order valence-corrected chi connectivity index (χ1v) is 39.9. The summed E-state index contributed by atoms with van der Waals surface area (Å²) in [7, 11) is 21.5. The molecule has 6 aliphatic heterocycles. The molecule has 0 saturated heterocycles. The highest BCUT2D eigenvalue weighted by Gasteiger charge is 2.48. The van der Waals surface area contributed by atoms with E-state index >= 15 is 0 Å². The lowest BCUT2D eigenvalue weighted by Crippen LogP contribution is -2.60. The van der Waals surface area contributed by atoms with E-state index in [1.807, 2.05) is 13.8 Å². The number of aliphatic hydroxyl groups is 4. The number of nitrogens with one attached hydrogen (secondary N) is 6. The van der Waals surface area contributed by atoms with Crippen LogP contribution in [0.2, 0.25) is 0 Å². The number of carbonyl (C=O) groups excluding carboxylic acids is 6.